The number of carbonyl (C=O) groups excluding carboxylic acids is 2. The number of aromatic nitrogens is 4. The Kier molecular flexibility index (Phi) is 12.1. The Hall–Kier alpha value is -3.96. The van der Waals surface area contributed by atoms with E-state index in [1.54, 1.807) is 33.7 Å². The van der Waals surface area contributed by atoms with Crippen LogP contribution in [0.25, 0.3) is 21.1 Å². The summed E-state index contributed by atoms with van der Waals surface area (Å²) in [5.41, 5.74) is 3.58. The molecule has 0 spiro atoms. The molecule has 16 heteroatoms. The van der Waals surface area contributed by atoms with E-state index in [0.717, 1.165) is 125 Å². The number of rotatable bonds is 6. The van der Waals surface area contributed by atoms with Crippen molar-refractivity contribution in [3.8, 4) is 0 Å². The maximum atomic E-state index is 12.3. The number of aldehydes is 2. The fourth-order valence-electron chi connectivity index (χ4n) is 16.5. The van der Waals surface area contributed by atoms with Gasteiger partial charge in [0, 0.05) is 48.2 Å². The van der Waals surface area contributed by atoms with Crippen molar-refractivity contribution in [2.75, 3.05) is 38.7 Å². The van der Waals surface area contributed by atoms with Gasteiger partial charge in [0.25, 0.3) is 11.6 Å². The van der Waals surface area contributed by atoms with E-state index in [4.69, 9.17) is 13.1 Å². The first kappa shape index (κ1) is 47.1. The molecule has 4 saturated carbocycles. The highest BCUT2D eigenvalue weighted by atomic mass is 32.2. The molecule has 10 rings (SSSR count). The second-order valence-corrected chi connectivity index (χ2v) is 26.5. The maximum absolute atomic E-state index is 12.3. The fourth-order valence-corrected chi connectivity index (χ4v) is 18.3. The van der Waals surface area contributed by atoms with Crippen molar-refractivity contribution in [3.63, 3.8) is 0 Å². The number of hydrogen-bond acceptors (Lipinski definition) is 8. The average Bonchev–Trinajstić information content (AvgIpc) is 4.01. The summed E-state index contributed by atoms with van der Waals surface area (Å²) < 4.78 is 56.3. The largest absolute Gasteiger partial charge is 0.362 e. The Labute approximate surface area is 392 Å². The summed E-state index contributed by atoms with van der Waals surface area (Å²) in [5.74, 6) is 4.75. The van der Waals surface area contributed by atoms with E-state index in [1.807, 2.05) is 9.13 Å². The van der Waals surface area contributed by atoms with Gasteiger partial charge in [-0.25, -0.2) is 35.4 Å². The van der Waals surface area contributed by atoms with E-state index >= 15 is 0 Å². The number of imidazole rings is 2. The molecule has 8 aliphatic rings. The highest BCUT2D eigenvalue weighted by Gasteiger charge is 2.62. The van der Waals surface area contributed by atoms with Crippen LogP contribution >= 0.6 is 0 Å². The van der Waals surface area contributed by atoms with Crippen LogP contribution in [0.5, 0.6) is 0 Å². The minimum absolute atomic E-state index is 0.129. The predicted octanol–water partition coefficient (Wildman–Crippen LogP) is 8.74. The van der Waals surface area contributed by atoms with Crippen molar-refractivity contribution in [3.05, 3.63) is 59.0 Å². The van der Waals surface area contributed by atoms with Gasteiger partial charge >= 0.3 is 0 Å². The van der Waals surface area contributed by atoms with Crippen LogP contribution in [0, 0.1) is 82.1 Å². The summed E-state index contributed by atoms with van der Waals surface area (Å²) in [5, 5.41) is 0. The summed E-state index contributed by atoms with van der Waals surface area (Å²) in [6.45, 7) is 27.0. The first-order chi connectivity index (χ1) is 31.3. The Balaban J connectivity index is 0.000000166. The van der Waals surface area contributed by atoms with Crippen LogP contribution in [0.3, 0.4) is 0 Å². The molecule has 0 bridgehead atoms. The topological polar surface area (TPSA) is 153 Å². The smallest absolute Gasteiger partial charge is 0.254 e. The number of carbonyl (C=O) groups is 2. The Morgan fingerprint density at radius 3 is 1.56 bits per heavy atom. The standard InChI is InChI=1S/2C25H34N4O3S/c1-24-9-5-11-28(33(4,31)32)14-18(24)6-7-19-20(24)8-10-25(2)21(19)12-17(15-30)23(25)29-16-27-13-22(29)26-3;1-24-10-12-28(33(4,31)32)11-8-18(24)5-6-19-20(24)7-9-25(2)21(19)13-17(15-30)23(25)29-16-27-14-22(29)26-3/h13,15-16,18-21H,5-12,14H2,1-2,4H3;14-16,18-21H,5-13H2,1-2,4H3/t2*18?,19-,20+,21+,24+,25+/m11/s1. The summed E-state index contributed by atoms with van der Waals surface area (Å²) in [6.07, 6.45) is 25.1. The molecule has 6 aliphatic carbocycles. The number of sulfonamides is 2. The third-order valence-corrected chi connectivity index (χ3v) is 22.4. The zero-order valence-corrected chi connectivity index (χ0v) is 41.3. The molecule has 2 aliphatic heterocycles. The zero-order valence-electron chi connectivity index (χ0n) is 39.7. The molecule has 0 amide bonds. The second-order valence-electron chi connectivity index (χ2n) is 22.5. The zero-order chi connectivity index (χ0) is 47.2. The van der Waals surface area contributed by atoms with Crippen LogP contribution < -0.4 is 0 Å². The van der Waals surface area contributed by atoms with Gasteiger partial charge in [-0.3, -0.25) is 18.7 Å². The molecule has 2 aromatic heterocycles. The van der Waals surface area contributed by atoms with Crippen LogP contribution in [0.1, 0.15) is 118 Å². The second kappa shape index (κ2) is 16.9. The molecule has 12 atom stereocenters. The number of fused-ring (bicyclic) bond motifs is 10. The van der Waals surface area contributed by atoms with Gasteiger partial charge in [-0.05, 0) is 148 Å². The molecule has 2 saturated heterocycles. The SMILES string of the molecule is [C-]#[N+]c1cncn1C1=C(C=O)C[C@H]2[C@@H]3CCC4CCN(S(C)(=O)=O)CC[C@]4(C)[C@H]3CC[C@]12C.[C-]#[N+]c1cncn1C1=C(C=O)C[C@H]2[C@@H]3CCC4CN(S(C)(=O)=O)CCC[C@]4(C)[C@H]3CC[C@]12C. The molecule has 0 N–H and O–H groups in total. The normalized spacial score (nSPS) is 39.2. The molecular formula is C50H68N8O6S2. The first-order valence-corrected chi connectivity index (χ1v) is 28.0. The van der Waals surface area contributed by atoms with Crippen molar-refractivity contribution in [2.24, 2.45) is 69.0 Å². The summed E-state index contributed by atoms with van der Waals surface area (Å²) in [6, 6.07) is 0. The molecule has 14 nitrogen and oxygen atoms in total. The van der Waals surface area contributed by atoms with Crippen LogP contribution in [-0.4, -0.2) is 95.8 Å². The molecule has 0 aromatic carbocycles. The van der Waals surface area contributed by atoms with Crippen LogP contribution in [0.4, 0.5) is 11.6 Å². The van der Waals surface area contributed by atoms with E-state index in [9.17, 15) is 26.4 Å². The number of hydrogen-bond donors (Lipinski definition) is 0. The van der Waals surface area contributed by atoms with Crippen molar-refractivity contribution in [1.29, 1.82) is 0 Å². The minimum Gasteiger partial charge on any atom is -0.362 e. The lowest BCUT2D eigenvalue weighted by molar-refractivity contribution is -0.106. The maximum Gasteiger partial charge on any atom is 0.254 e. The molecular weight excluding hydrogens is 873 g/mol. The predicted molar refractivity (Wildman–Crippen MR) is 253 cm³/mol. The van der Waals surface area contributed by atoms with Gasteiger partial charge in [-0.2, -0.15) is 0 Å². The van der Waals surface area contributed by atoms with Crippen LogP contribution in [0.2, 0.25) is 0 Å². The van der Waals surface area contributed by atoms with Gasteiger partial charge in [-0.1, -0.05) is 40.8 Å². The van der Waals surface area contributed by atoms with Crippen LogP contribution in [0.15, 0.2) is 36.2 Å². The van der Waals surface area contributed by atoms with Crippen molar-refractivity contribution < 1.29 is 26.4 Å². The molecule has 2 aromatic rings. The Morgan fingerprint density at radius 1 is 0.606 bits per heavy atom. The van der Waals surface area contributed by atoms with Gasteiger partial charge in [0.05, 0.1) is 24.9 Å². The molecule has 2 unspecified atom stereocenters. The fraction of sp³-hybridized carbons (Fsp3) is 0.720. The van der Waals surface area contributed by atoms with Crippen molar-refractivity contribution in [1.82, 2.24) is 27.7 Å². The highest BCUT2D eigenvalue weighted by molar-refractivity contribution is 7.88. The van der Waals surface area contributed by atoms with E-state index < -0.39 is 20.0 Å². The summed E-state index contributed by atoms with van der Waals surface area (Å²) in [4.78, 5) is 40.1. The lowest BCUT2D eigenvalue weighted by Gasteiger charge is -2.58. The Bertz CT molecular complexity index is 2550. The molecule has 66 heavy (non-hydrogen) atoms. The van der Waals surface area contributed by atoms with Gasteiger partial charge in [-0.15, -0.1) is 0 Å². The van der Waals surface area contributed by atoms with Gasteiger partial charge in [0.2, 0.25) is 20.0 Å². The number of nitrogens with zero attached hydrogens (tertiary/aromatic N) is 8. The van der Waals surface area contributed by atoms with E-state index in [1.165, 1.54) is 12.5 Å². The van der Waals surface area contributed by atoms with E-state index in [2.05, 4.69) is 47.4 Å². The van der Waals surface area contributed by atoms with Crippen molar-refractivity contribution >= 4 is 55.6 Å². The average molecular weight is 941 g/mol. The van der Waals surface area contributed by atoms with Crippen LogP contribution in [-0.2, 0) is 29.6 Å². The van der Waals surface area contributed by atoms with E-state index in [-0.39, 0.29) is 21.7 Å². The third kappa shape index (κ3) is 7.41. The highest BCUT2D eigenvalue weighted by Crippen LogP contribution is 2.69. The quantitative estimate of drug-likeness (QED) is 0.206. The Morgan fingerprint density at radius 2 is 1.09 bits per heavy atom. The summed E-state index contributed by atoms with van der Waals surface area (Å²) >= 11 is 0. The molecule has 356 valence electrons. The first-order valence-electron chi connectivity index (χ1n) is 24.3. The van der Waals surface area contributed by atoms with Gasteiger partial charge in [0.1, 0.15) is 24.0 Å². The van der Waals surface area contributed by atoms with Gasteiger partial charge < -0.3 is 9.69 Å². The molecule has 6 fully saturated rings. The van der Waals surface area contributed by atoms with Crippen molar-refractivity contribution in [2.45, 2.75) is 118 Å². The summed E-state index contributed by atoms with van der Waals surface area (Å²) in [7, 11) is -6.34. The molecule has 0 radical (unpaired) electrons. The number of allylic oxidation sites excluding steroid dienone is 4. The lowest BCUT2D eigenvalue weighted by atomic mass is 9.46. The molecule has 4 heterocycles. The van der Waals surface area contributed by atoms with E-state index in [0.29, 0.717) is 85.2 Å². The lowest BCUT2D eigenvalue weighted by Crippen LogP contribution is -2.52. The third-order valence-electron chi connectivity index (χ3n) is 19.8. The monoisotopic (exact) mass is 940 g/mol. The minimum atomic E-state index is -3.17. The van der Waals surface area contributed by atoms with Gasteiger partial charge in [0.15, 0.2) is 12.7 Å².